The molecule has 2 aromatic carbocycles. The molecule has 3 aliphatic rings. The number of carbonyl (C=O) groups excluding carboxylic acids is 3. The van der Waals surface area contributed by atoms with Crippen molar-refractivity contribution in [3.63, 3.8) is 0 Å². The fraction of sp³-hybridized carbons (Fsp3) is 0.321. The number of nitrogens with two attached hydrogens (primary N) is 2. The van der Waals surface area contributed by atoms with Crippen molar-refractivity contribution in [2.75, 3.05) is 14.1 Å². The molecule has 204 valence electrons. The van der Waals surface area contributed by atoms with Gasteiger partial charge in [-0.15, -0.1) is 0 Å². The molecule has 0 saturated carbocycles. The number of aliphatic hydroxyl groups excluding tert-OH is 2. The van der Waals surface area contributed by atoms with Gasteiger partial charge in [-0.05, 0) is 67.7 Å². The third-order valence-corrected chi connectivity index (χ3v) is 8.18. The summed E-state index contributed by atoms with van der Waals surface area (Å²) in [5, 5.41) is 45.0. The van der Waals surface area contributed by atoms with Crippen LogP contribution >= 0.6 is 0 Å². The van der Waals surface area contributed by atoms with E-state index >= 15 is 0 Å². The topological polar surface area (TPSA) is 187 Å². The lowest BCUT2D eigenvalue weighted by molar-refractivity contribution is -0.148. The number of rotatable bonds is 4. The van der Waals surface area contributed by atoms with E-state index in [1.54, 1.807) is 20.2 Å². The number of hydrogen-bond acceptors (Lipinski definition) is 9. The predicted octanol–water partition coefficient (Wildman–Crippen LogP) is 1.39. The van der Waals surface area contributed by atoms with E-state index in [0.29, 0.717) is 16.7 Å². The summed E-state index contributed by atoms with van der Waals surface area (Å²) in [6.07, 6.45) is 0.0771. The predicted molar refractivity (Wildman–Crippen MR) is 137 cm³/mol. The zero-order valence-electron chi connectivity index (χ0n) is 21.2. The Morgan fingerprint density at radius 1 is 1.15 bits per heavy atom. The molecule has 3 aliphatic carbocycles. The van der Waals surface area contributed by atoms with Crippen LogP contribution in [0.15, 0.2) is 53.0 Å². The summed E-state index contributed by atoms with van der Waals surface area (Å²) in [6.45, 7) is -0.129. The van der Waals surface area contributed by atoms with Crippen LogP contribution in [0.1, 0.15) is 27.9 Å². The Morgan fingerprint density at radius 2 is 1.79 bits per heavy atom. The number of benzene rings is 2. The number of likely N-dealkylation sites (N-methyl/N-ethyl adjacent to an activating group) is 1. The number of hydrogen-bond donors (Lipinski definition) is 6. The molecular formula is C28H28FN3O7. The maximum atomic E-state index is 13.9. The van der Waals surface area contributed by atoms with Gasteiger partial charge in [0.25, 0.3) is 5.91 Å². The Kier molecular flexibility index (Phi) is 6.13. The molecule has 39 heavy (non-hydrogen) atoms. The third kappa shape index (κ3) is 3.61. The number of amides is 1. The summed E-state index contributed by atoms with van der Waals surface area (Å²) in [5.41, 5.74) is 8.99. The molecule has 0 radical (unpaired) electrons. The van der Waals surface area contributed by atoms with Gasteiger partial charge in [0.15, 0.2) is 11.4 Å². The van der Waals surface area contributed by atoms with Gasteiger partial charge in [0.2, 0.25) is 5.78 Å². The molecule has 1 amide bonds. The molecule has 10 nitrogen and oxygen atoms in total. The van der Waals surface area contributed by atoms with Crippen molar-refractivity contribution in [3.05, 3.63) is 75.5 Å². The lowest BCUT2D eigenvalue weighted by Gasteiger charge is -2.50. The highest BCUT2D eigenvalue weighted by Crippen LogP contribution is 2.53. The minimum absolute atomic E-state index is 0.0337. The second kappa shape index (κ2) is 9.01. The van der Waals surface area contributed by atoms with Crippen LogP contribution < -0.4 is 11.5 Å². The van der Waals surface area contributed by atoms with E-state index in [1.165, 1.54) is 29.2 Å². The lowest BCUT2D eigenvalue weighted by atomic mass is 9.58. The summed E-state index contributed by atoms with van der Waals surface area (Å²) < 4.78 is 13.7. The van der Waals surface area contributed by atoms with E-state index in [-0.39, 0.29) is 36.1 Å². The number of aromatic hydroxyl groups is 1. The summed E-state index contributed by atoms with van der Waals surface area (Å²) >= 11 is 0. The van der Waals surface area contributed by atoms with Crippen LogP contribution in [0, 0.1) is 17.7 Å². The fourth-order valence-electron chi connectivity index (χ4n) is 6.42. The molecule has 0 aromatic heterocycles. The monoisotopic (exact) mass is 537 g/mol. The zero-order valence-corrected chi connectivity index (χ0v) is 21.2. The third-order valence-electron chi connectivity index (χ3n) is 8.18. The van der Waals surface area contributed by atoms with E-state index in [2.05, 4.69) is 0 Å². The molecule has 4 atom stereocenters. The van der Waals surface area contributed by atoms with Crippen LogP contribution in [0.25, 0.3) is 11.1 Å². The molecule has 11 heteroatoms. The maximum Gasteiger partial charge on any atom is 0.255 e. The largest absolute Gasteiger partial charge is 0.510 e. The van der Waals surface area contributed by atoms with Gasteiger partial charge in [-0.2, -0.15) is 0 Å². The summed E-state index contributed by atoms with van der Waals surface area (Å²) in [6, 6.07) is 6.14. The average Bonchev–Trinajstić information content (AvgIpc) is 2.86. The average molecular weight is 538 g/mol. The number of fused-ring (bicyclic) bond motifs is 3. The van der Waals surface area contributed by atoms with Gasteiger partial charge >= 0.3 is 0 Å². The van der Waals surface area contributed by atoms with E-state index < -0.39 is 69.6 Å². The maximum absolute atomic E-state index is 13.9. The molecule has 0 bridgehead atoms. The first-order valence-electron chi connectivity index (χ1n) is 12.3. The van der Waals surface area contributed by atoms with Crippen molar-refractivity contribution >= 4 is 17.5 Å². The fourth-order valence-corrected chi connectivity index (χ4v) is 6.42. The van der Waals surface area contributed by atoms with Crippen LogP contribution in [-0.4, -0.2) is 68.5 Å². The normalized spacial score (nSPS) is 26.5. The first-order chi connectivity index (χ1) is 18.3. The molecule has 4 unspecified atom stereocenters. The molecule has 8 N–H and O–H groups in total. The van der Waals surface area contributed by atoms with Crippen molar-refractivity contribution in [1.82, 2.24) is 4.90 Å². The van der Waals surface area contributed by atoms with Crippen molar-refractivity contribution in [1.29, 1.82) is 0 Å². The first kappa shape index (κ1) is 26.5. The van der Waals surface area contributed by atoms with E-state index in [1.807, 2.05) is 0 Å². The smallest absolute Gasteiger partial charge is 0.255 e. The zero-order chi connectivity index (χ0) is 28.5. The summed E-state index contributed by atoms with van der Waals surface area (Å²) in [7, 11) is 3.12. The van der Waals surface area contributed by atoms with Gasteiger partial charge in [-0.1, -0.05) is 12.1 Å². The molecule has 0 saturated heterocycles. The Balaban J connectivity index is 1.76. The van der Waals surface area contributed by atoms with Crippen LogP contribution in [0.4, 0.5) is 4.39 Å². The van der Waals surface area contributed by atoms with Gasteiger partial charge in [-0.25, -0.2) is 4.39 Å². The molecule has 0 heterocycles. The molecule has 0 fully saturated rings. The number of ketones is 2. The number of phenols is 1. The number of Topliss-reactive ketones (excluding diaryl/α,β-unsaturated/α-hetero) is 2. The van der Waals surface area contributed by atoms with E-state index in [0.717, 1.165) is 0 Å². The highest BCUT2D eigenvalue weighted by Gasteiger charge is 2.63. The van der Waals surface area contributed by atoms with Gasteiger partial charge in [0, 0.05) is 23.6 Å². The van der Waals surface area contributed by atoms with E-state index in [9.17, 15) is 39.2 Å². The molecule has 2 aromatic rings. The number of phenolic OH excluding ortho intramolecular Hbond substituents is 1. The minimum atomic E-state index is -2.72. The Hall–Kier alpha value is -4.06. The Morgan fingerprint density at radius 3 is 2.36 bits per heavy atom. The molecule has 0 aliphatic heterocycles. The molecule has 0 spiro atoms. The van der Waals surface area contributed by atoms with Crippen molar-refractivity contribution < 1.29 is 39.2 Å². The minimum Gasteiger partial charge on any atom is -0.510 e. The van der Waals surface area contributed by atoms with E-state index in [4.69, 9.17) is 11.5 Å². The van der Waals surface area contributed by atoms with Gasteiger partial charge < -0.3 is 31.9 Å². The second-order valence-electron chi connectivity index (χ2n) is 10.5. The van der Waals surface area contributed by atoms with Gasteiger partial charge in [-0.3, -0.25) is 19.3 Å². The van der Waals surface area contributed by atoms with Crippen molar-refractivity contribution in [3.8, 4) is 16.9 Å². The second-order valence-corrected chi connectivity index (χ2v) is 10.5. The number of carbonyl (C=O) groups is 3. The number of allylic oxidation sites excluding steroid dienone is 1. The number of halogens is 1. The first-order valence-corrected chi connectivity index (χ1v) is 12.3. The Bertz CT molecular complexity index is 1510. The number of primary amides is 1. The molecular weight excluding hydrogens is 509 g/mol. The SMILES string of the molecule is CN(C)C1C(O)=C(C(N)=O)C(=O)C2(O)C(O)=C3C(=O)c4c(O)c(CN)cc(-c5ccc(F)cc5)c4CC3CC12. The number of nitrogens with zero attached hydrogens (tertiary/aromatic N) is 1. The van der Waals surface area contributed by atoms with Gasteiger partial charge in [0.05, 0.1) is 11.6 Å². The highest BCUT2D eigenvalue weighted by molar-refractivity contribution is 6.25. The Labute approximate surface area is 222 Å². The highest BCUT2D eigenvalue weighted by atomic mass is 19.1. The molecule has 5 rings (SSSR count). The quantitative estimate of drug-likeness (QED) is 0.313. The summed E-state index contributed by atoms with van der Waals surface area (Å²) in [5.74, 6) is -7.68. The number of aliphatic hydroxyl groups is 3. The van der Waals surface area contributed by atoms with Crippen LogP contribution in [-0.2, 0) is 22.6 Å². The van der Waals surface area contributed by atoms with Crippen LogP contribution in [0.2, 0.25) is 0 Å². The summed E-state index contributed by atoms with van der Waals surface area (Å²) in [4.78, 5) is 40.9. The van der Waals surface area contributed by atoms with Crippen molar-refractivity contribution in [2.45, 2.75) is 31.0 Å². The lowest BCUT2D eigenvalue weighted by Crippen LogP contribution is -2.63. The van der Waals surface area contributed by atoms with Crippen LogP contribution in [0.5, 0.6) is 5.75 Å². The van der Waals surface area contributed by atoms with Gasteiger partial charge in [0.1, 0.15) is 28.7 Å². The standard InChI is InChI=1S/C28H28FN3O7/c1-32(2)21-17-9-12-7-16-15(11-3-5-14(29)6-4-11)8-13(10-30)22(33)19(16)23(34)18(12)25(36)28(17,39)26(37)20(24(21)35)27(31)38/h3-6,8,12,17,21,33,35-36,39H,7,9-10,30H2,1-2H3,(H2,31,38). The van der Waals surface area contributed by atoms with Crippen molar-refractivity contribution in [2.24, 2.45) is 23.3 Å². The van der Waals surface area contributed by atoms with Crippen LogP contribution in [0.3, 0.4) is 0 Å².